The first-order valence-corrected chi connectivity index (χ1v) is 39.3. The van der Waals surface area contributed by atoms with Crippen LogP contribution in [0.4, 0.5) is 0 Å². The van der Waals surface area contributed by atoms with E-state index in [9.17, 15) is 24.9 Å². The molecule has 2 aromatic carbocycles. The maximum atomic E-state index is 12.5. The molecule has 2 unspecified atom stereocenters. The predicted molar refractivity (Wildman–Crippen MR) is 382 cm³/mol. The second kappa shape index (κ2) is 34.5. The predicted octanol–water partition coefficient (Wildman–Crippen LogP) is 18.2. The number of ether oxygens (including phenoxy) is 5. The number of hydrogen-bond acceptors (Lipinski definition) is 12. The average molecular weight is 1400 g/mol. The van der Waals surface area contributed by atoms with Gasteiger partial charge in [-0.2, -0.15) is 0 Å². The van der Waals surface area contributed by atoms with Crippen molar-refractivity contribution in [3.8, 4) is 23.0 Å². The molecule has 6 aliphatic carbocycles. The summed E-state index contributed by atoms with van der Waals surface area (Å²) in [5.41, 5.74) is 4.35. The highest BCUT2D eigenvalue weighted by Gasteiger charge is 2.73. The zero-order chi connectivity index (χ0) is 65.3. The number of allylic oxidation sites excluding steroid dienone is 4. The topological polar surface area (TPSA) is 147 Å². The fraction of sp³-hybridized carbons (Fsp3) is 0.725. The van der Waals surface area contributed by atoms with Crippen LogP contribution >= 0.6 is 22.6 Å². The van der Waals surface area contributed by atoms with Gasteiger partial charge in [-0.3, -0.25) is 19.4 Å². The summed E-state index contributed by atoms with van der Waals surface area (Å²) in [7, 11) is 0. The van der Waals surface area contributed by atoms with E-state index in [4.69, 9.17) is 23.7 Å². The molecule has 93 heavy (non-hydrogen) atoms. The number of unbranched alkanes of at least 4 members (excludes halogenated alkanes) is 22. The van der Waals surface area contributed by atoms with Crippen LogP contribution in [0, 0.1) is 11.8 Å². The van der Waals surface area contributed by atoms with Gasteiger partial charge >= 0.3 is 11.9 Å². The summed E-state index contributed by atoms with van der Waals surface area (Å²) in [6.07, 6.45) is 54.6. The molecule has 6 fully saturated rings. The van der Waals surface area contributed by atoms with E-state index < -0.39 is 22.0 Å². The number of nitrogens with zero attached hydrogens (tertiary/aromatic N) is 2. The lowest BCUT2D eigenvalue weighted by Gasteiger charge is -2.63. The van der Waals surface area contributed by atoms with Gasteiger partial charge in [-0.1, -0.05) is 166 Å². The third-order valence-corrected chi connectivity index (χ3v) is 23.7. The van der Waals surface area contributed by atoms with Gasteiger partial charge in [0.05, 0.1) is 22.0 Å². The fourth-order valence-electron chi connectivity index (χ4n) is 17.9. The summed E-state index contributed by atoms with van der Waals surface area (Å²) in [5.74, 6) is 3.50. The van der Waals surface area contributed by atoms with E-state index in [0.29, 0.717) is 29.0 Å². The minimum atomic E-state index is -0.834. The van der Waals surface area contributed by atoms with Crippen LogP contribution in [-0.4, -0.2) is 110 Å². The number of alkyl halides is 1. The van der Waals surface area contributed by atoms with Crippen LogP contribution in [0.1, 0.15) is 280 Å². The van der Waals surface area contributed by atoms with Gasteiger partial charge in [0.25, 0.3) is 0 Å². The molecule has 10 aliphatic rings. The first-order chi connectivity index (χ1) is 45.3. The molecule has 0 radical (unpaired) electrons. The monoisotopic (exact) mass is 1390 g/mol. The molecule has 3 N–H and O–H groups in total. The second-order valence-electron chi connectivity index (χ2n) is 29.9. The van der Waals surface area contributed by atoms with Crippen molar-refractivity contribution in [1.29, 1.82) is 0 Å². The number of benzene rings is 2. The summed E-state index contributed by atoms with van der Waals surface area (Å²) in [5, 5.41) is 35.0. The molecular formula is C80H119IN2O10. The molecule has 2 saturated heterocycles. The van der Waals surface area contributed by atoms with Gasteiger partial charge in [0.1, 0.15) is 16.8 Å². The fourth-order valence-corrected chi connectivity index (χ4v) is 18.3. The lowest BCUT2D eigenvalue weighted by Crippen LogP contribution is -2.75. The summed E-state index contributed by atoms with van der Waals surface area (Å²) in [4.78, 5) is 28.7. The van der Waals surface area contributed by atoms with E-state index in [-0.39, 0.29) is 48.8 Å². The highest BCUT2D eigenvalue weighted by atomic mass is 127. The Labute approximate surface area is 574 Å². The molecular weight excluding hydrogens is 1280 g/mol. The van der Waals surface area contributed by atoms with Crippen molar-refractivity contribution < 1.29 is 48.6 Å². The molecule has 8 atom stereocenters. The van der Waals surface area contributed by atoms with E-state index >= 15 is 0 Å². The molecule has 12 nitrogen and oxygen atoms in total. The summed E-state index contributed by atoms with van der Waals surface area (Å²) in [6, 6.07) is 8.20. The zero-order valence-electron chi connectivity index (χ0n) is 57.5. The van der Waals surface area contributed by atoms with Crippen LogP contribution in [0.2, 0.25) is 0 Å². The van der Waals surface area contributed by atoms with Crippen LogP contribution < -0.4 is 14.2 Å². The third-order valence-electron chi connectivity index (χ3n) is 23.3. The number of halogens is 1. The maximum absolute atomic E-state index is 12.5. The van der Waals surface area contributed by atoms with Crippen molar-refractivity contribution in [2.75, 3.05) is 37.6 Å². The molecule has 516 valence electrons. The number of aromatic hydroxyl groups is 1. The quantitative estimate of drug-likeness (QED) is 0.0147. The Kier molecular flexibility index (Phi) is 26.7. The number of phenols is 1. The maximum Gasteiger partial charge on any atom is 0.308 e. The molecule has 4 saturated carbocycles. The van der Waals surface area contributed by atoms with Gasteiger partial charge in [0, 0.05) is 49.1 Å². The highest BCUT2D eigenvalue weighted by molar-refractivity contribution is 14.1. The number of carbonyl (C=O) groups excluding carboxylic acids is 2. The van der Waals surface area contributed by atoms with Crippen LogP contribution in [0.3, 0.4) is 0 Å². The normalized spacial score (nSPS) is 27.6. The minimum Gasteiger partial charge on any atom is -0.504 e. The standard InChI is InChI=1S/C40H59NO5.C21H25NO3.C19H35IO2/c1-3-4-5-6-7-8-9-10-11-12-13-14-15-16-17-18-35(42)45-29-44-33-22-21-32-27-34-40(43)24-23-30(2)38-39(40,36(32)37(33)46-38)25-26-41(34)28-31-19-20-31;1-12-6-7-21(24)16-10-14-4-5-15(23)18-17(14)20(21,19(12)25-18)8-9-22(16)11-13-2-3-13;1-2-3-4-5-6-7-8-9-10-11-12-13-14-15-16-17-19(21)22-18-20/h10-11,21-22,31,34,38,43H,2-9,12-20,23-29H2,1H3;4-5,13,16,19,23-24H,1-3,6-11H2;7-8H,2-6,9-18H2,1H3/b11-10+;;8-7+/t34?,38-,39-,40+;16?,19-,20-,21+;/m00./s1. The first-order valence-electron chi connectivity index (χ1n) is 37.8. The zero-order valence-corrected chi connectivity index (χ0v) is 59.7. The number of hydrogen-bond donors (Lipinski definition) is 3. The lowest BCUT2D eigenvalue weighted by molar-refractivity contribution is -0.174. The molecule has 0 amide bonds. The Hall–Kier alpha value is -3.89. The number of aliphatic hydroxyl groups is 2. The molecule has 12 rings (SSSR count). The molecule has 2 aromatic rings. The molecule has 0 aromatic heterocycles. The van der Waals surface area contributed by atoms with Crippen molar-refractivity contribution in [2.45, 2.75) is 317 Å². The molecule has 4 heterocycles. The summed E-state index contributed by atoms with van der Waals surface area (Å²) >= 11 is 2.06. The SMILES string of the molecule is C=C1CC[C@@]2(O)C3Cc4ccc(O)c5c4[C@@]2(CCN3CC2CC2)[C@H]1O5.C=C1CC[C@@]2(O)C3Cc4ccc(OCOC(=O)CCCCCCC/C=C/CCCCCCCC)c5c4[C@@]2(CCN3CC2CC2)[C@H]1O5.CCCCCC/C=C/CCCCCCCCCC(=O)OCI. The van der Waals surface area contributed by atoms with Gasteiger partial charge in [-0.25, -0.2) is 0 Å². The lowest BCUT2D eigenvalue weighted by atomic mass is 9.48. The number of piperidine rings is 2. The van der Waals surface area contributed by atoms with Crippen LogP contribution in [-0.2, 0) is 42.7 Å². The Bertz CT molecular complexity index is 2850. The molecule has 4 aliphatic heterocycles. The number of esters is 2. The molecule has 4 bridgehead atoms. The number of likely N-dealkylation sites (tertiary alicyclic amines) is 2. The summed E-state index contributed by atoms with van der Waals surface area (Å²) in [6.45, 7) is 17.3. The molecule has 2 spiro atoms. The highest BCUT2D eigenvalue weighted by Crippen LogP contribution is 2.68. The largest absolute Gasteiger partial charge is 0.504 e. The van der Waals surface area contributed by atoms with Crippen molar-refractivity contribution in [3.05, 3.63) is 95.1 Å². The van der Waals surface area contributed by atoms with Gasteiger partial charge < -0.3 is 39.0 Å². The number of phenolic OH excluding ortho intramolecular Hbond substituents is 1. The van der Waals surface area contributed by atoms with Crippen molar-refractivity contribution in [1.82, 2.24) is 9.80 Å². The first kappa shape index (κ1) is 71.9. The summed E-state index contributed by atoms with van der Waals surface area (Å²) < 4.78 is 29.9. The van der Waals surface area contributed by atoms with Crippen molar-refractivity contribution >= 4 is 34.5 Å². The van der Waals surface area contributed by atoms with Crippen molar-refractivity contribution in [3.63, 3.8) is 0 Å². The van der Waals surface area contributed by atoms with Crippen LogP contribution in [0.15, 0.2) is 72.9 Å². The Morgan fingerprint density at radius 2 is 0.968 bits per heavy atom. The third kappa shape index (κ3) is 16.8. The number of rotatable bonds is 38. The van der Waals surface area contributed by atoms with E-state index in [1.54, 1.807) is 6.07 Å². The van der Waals surface area contributed by atoms with E-state index in [0.717, 1.165) is 150 Å². The van der Waals surface area contributed by atoms with E-state index in [1.165, 1.54) is 172 Å². The van der Waals surface area contributed by atoms with Gasteiger partial charge in [-0.15, -0.1) is 0 Å². The van der Waals surface area contributed by atoms with Gasteiger partial charge in [0.15, 0.2) is 23.0 Å². The van der Waals surface area contributed by atoms with Crippen LogP contribution in [0.5, 0.6) is 23.0 Å². The Balaban J connectivity index is 0.000000169. The second-order valence-corrected chi connectivity index (χ2v) is 30.5. The Morgan fingerprint density at radius 3 is 1.43 bits per heavy atom. The van der Waals surface area contributed by atoms with Crippen molar-refractivity contribution in [2.24, 2.45) is 11.8 Å². The molecule has 13 heteroatoms. The van der Waals surface area contributed by atoms with Crippen LogP contribution in [0.25, 0.3) is 0 Å². The minimum absolute atomic E-state index is 0.0455. The van der Waals surface area contributed by atoms with Gasteiger partial charge in [0.2, 0.25) is 6.79 Å². The van der Waals surface area contributed by atoms with E-state index in [2.05, 4.69) is 89.8 Å². The van der Waals surface area contributed by atoms with E-state index in [1.807, 2.05) is 12.1 Å². The smallest absolute Gasteiger partial charge is 0.308 e. The van der Waals surface area contributed by atoms with Gasteiger partial charge in [-0.05, 0) is 223 Å². The number of carbonyl (C=O) groups is 2. The average Bonchev–Trinajstić information content (AvgIpc) is 1.58. The Morgan fingerprint density at radius 1 is 0.559 bits per heavy atom.